The predicted molar refractivity (Wildman–Crippen MR) is 125 cm³/mol. The molecule has 0 aliphatic heterocycles. The molecule has 7 heteroatoms. The molecule has 2 aromatic carbocycles. The van der Waals surface area contributed by atoms with Crippen LogP contribution in [0.4, 0.5) is 5.69 Å². The maximum absolute atomic E-state index is 12.6. The maximum Gasteiger partial charge on any atom is 0.244 e. The molecule has 32 heavy (non-hydrogen) atoms. The van der Waals surface area contributed by atoms with Gasteiger partial charge in [-0.1, -0.05) is 30.3 Å². The molecule has 0 spiro atoms. The number of hydrogen-bond donors (Lipinski definition) is 1. The molecule has 0 atom stereocenters. The van der Waals surface area contributed by atoms with Gasteiger partial charge in [0.1, 0.15) is 12.4 Å². The van der Waals surface area contributed by atoms with E-state index < -0.39 is 0 Å². The number of ether oxygens (including phenoxy) is 1. The van der Waals surface area contributed by atoms with E-state index in [1.54, 1.807) is 17.7 Å². The monoisotopic (exact) mass is 430 g/mol. The second kappa shape index (κ2) is 9.09. The van der Waals surface area contributed by atoms with Gasteiger partial charge in [0.25, 0.3) is 0 Å². The zero-order chi connectivity index (χ0) is 22.7. The van der Waals surface area contributed by atoms with Crippen molar-refractivity contribution in [2.75, 3.05) is 12.4 Å². The number of aromatic nitrogens is 3. The Balaban J connectivity index is 1.48. The molecule has 0 aliphatic rings. The highest BCUT2D eigenvalue weighted by atomic mass is 16.5. The molecule has 0 radical (unpaired) electrons. The molecule has 2 aromatic heterocycles. The minimum Gasteiger partial charge on any atom is -0.491 e. The van der Waals surface area contributed by atoms with Crippen LogP contribution in [0.15, 0.2) is 65.6 Å². The molecule has 4 aromatic rings. The molecule has 4 rings (SSSR count). The number of carbonyl (C=O) groups excluding carboxylic acids is 1. The third kappa shape index (κ3) is 4.56. The first kappa shape index (κ1) is 21.4. The number of hydrogen-bond acceptors (Lipinski definition) is 4. The van der Waals surface area contributed by atoms with E-state index in [0.29, 0.717) is 11.4 Å². The molecule has 0 fully saturated rings. The van der Waals surface area contributed by atoms with Crippen LogP contribution >= 0.6 is 0 Å². The Morgan fingerprint density at radius 1 is 1.09 bits per heavy atom. The number of pyridine rings is 1. The third-order valence-corrected chi connectivity index (χ3v) is 5.58. The molecule has 1 amide bonds. The van der Waals surface area contributed by atoms with Crippen LogP contribution < -0.4 is 15.5 Å². The molecular formula is C25H26N4O3. The van der Waals surface area contributed by atoms with Crippen LogP contribution in [-0.4, -0.2) is 27.1 Å². The van der Waals surface area contributed by atoms with E-state index in [0.717, 1.165) is 29.7 Å². The largest absolute Gasteiger partial charge is 0.491 e. The molecular weight excluding hydrogens is 404 g/mol. The summed E-state index contributed by atoms with van der Waals surface area (Å²) in [5.74, 6) is 1.02. The second-order valence-corrected chi connectivity index (χ2v) is 7.80. The number of nitrogens with zero attached hydrogens (tertiary/aromatic N) is 3. The van der Waals surface area contributed by atoms with Crippen LogP contribution in [0.5, 0.6) is 5.75 Å². The number of anilines is 1. The van der Waals surface area contributed by atoms with Crippen molar-refractivity contribution < 1.29 is 9.53 Å². The number of nitrogens with one attached hydrogen (secondary N) is 1. The van der Waals surface area contributed by atoms with Crippen LogP contribution in [-0.2, 0) is 31.2 Å². The van der Waals surface area contributed by atoms with E-state index in [9.17, 15) is 9.59 Å². The van der Waals surface area contributed by atoms with Gasteiger partial charge in [0.2, 0.25) is 11.3 Å². The number of imidazole rings is 1. The van der Waals surface area contributed by atoms with Gasteiger partial charge in [0, 0.05) is 30.9 Å². The van der Waals surface area contributed by atoms with Crippen molar-refractivity contribution in [1.29, 1.82) is 0 Å². The van der Waals surface area contributed by atoms with E-state index in [-0.39, 0.29) is 23.6 Å². The van der Waals surface area contributed by atoms with Crippen molar-refractivity contribution in [2.45, 2.75) is 26.3 Å². The fourth-order valence-corrected chi connectivity index (χ4v) is 3.78. The average molecular weight is 431 g/mol. The summed E-state index contributed by atoms with van der Waals surface area (Å²) in [7, 11) is 3.45. The third-order valence-electron chi connectivity index (χ3n) is 5.58. The van der Waals surface area contributed by atoms with Gasteiger partial charge in [-0.15, -0.1) is 0 Å². The van der Waals surface area contributed by atoms with Gasteiger partial charge in [-0.05, 0) is 37.1 Å². The Morgan fingerprint density at radius 3 is 2.62 bits per heavy atom. The average Bonchev–Trinajstić information content (AvgIpc) is 3.09. The summed E-state index contributed by atoms with van der Waals surface area (Å²) in [6.07, 6.45) is 3.31. The molecule has 0 unspecified atom stereocenters. The molecule has 164 valence electrons. The first-order valence-corrected chi connectivity index (χ1v) is 10.5. The quantitative estimate of drug-likeness (QED) is 0.487. The lowest BCUT2D eigenvalue weighted by Crippen LogP contribution is -2.21. The number of aryl methyl sites for hydroxylation is 4. The maximum atomic E-state index is 12.6. The molecule has 0 saturated heterocycles. The van der Waals surface area contributed by atoms with E-state index in [4.69, 9.17) is 9.72 Å². The van der Waals surface area contributed by atoms with Crippen LogP contribution in [0.2, 0.25) is 0 Å². The van der Waals surface area contributed by atoms with Gasteiger partial charge in [0.05, 0.1) is 24.3 Å². The first-order chi connectivity index (χ1) is 15.4. The first-order valence-electron chi connectivity index (χ1n) is 10.5. The van der Waals surface area contributed by atoms with Crippen molar-refractivity contribution >= 4 is 22.6 Å². The lowest BCUT2D eigenvalue weighted by molar-refractivity contribution is -0.116. The molecule has 2 heterocycles. The van der Waals surface area contributed by atoms with Crippen molar-refractivity contribution in [1.82, 2.24) is 14.1 Å². The molecule has 0 aliphatic carbocycles. The summed E-state index contributed by atoms with van der Waals surface area (Å²) in [6, 6.07) is 17.5. The lowest BCUT2D eigenvalue weighted by Gasteiger charge is -2.12. The SMILES string of the molecule is COc1cn(CC(=O)Nc2ccc3c(c2)nc(CCc2ccccc2)n3C)c(C)cc1=O. The van der Waals surface area contributed by atoms with Gasteiger partial charge in [-0.25, -0.2) is 4.98 Å². The summed E-state index contributed by atoms with van der Waals surface area (Å²) < 4.78 is 8.86. The summed E-state index contributed by atoms with van der Waals surface area (Å²) in [5.41, 5.74) is 4.31. The normalized spacial score (nSPS) is 11.0. The topological polar surface area (TPSA) is 78.2 Å². The van der Waals surface area contributed by atoms with Gasteiger partial charge in [-0.3, -0.25) is 9.59 Å². The van der Waals surface area contributed by atoms with Gasteiger partial charge in [0.15, 0.2) is 5.75 Å². The number of methoxy groups -OCH3 is 1. The Labute approximate surface area is 186 Å². The summed E-state index contributed by atoms with van der Waals surface area (Å²) in [6.45, 7) is 1.86. The number of rotatable bonds is 7. The molecule has 0 saturated carbocycles. The van der Waals surface area contributed by atoms with Crippen molar-refractivity contribution in [3.8, 4) is 5.75 Å². The van der Waals surface area contributed by atoms with E-state index in [2.05, 4.69) is 22.0 Å². The highest BCUT2D eigenvalue weighted by Gasteiger charge is 2.12. The highest BCUT2D eigenvalue weighted by Crippen LogP contribution is 2.21. The summed E-state index contributed by atoms with van der Waals surface area (Å²) in [4.78, 5) is 29.2. The smallest absolute Gasteiger partial charge is 0.244 e. The Morgan fingerprint density at radius 2 is 1.88 bits per heavy atom. The highest BCUT2D eigenvalue weighted by molar-refractivity contribution is 5.93. The van der Waals surface area contributed by atoms with Crippen molar-refractivity contribution in [2.24, 2.45) is 7.05 Å². The van der Waals surface area contributed by atoms with Gasteiger partial charge < -0.3 is 19.2 Å². The Bertz CT molecular complexity index is 1320. The van der Waals surface area contributed by atoms with Crippen LogP contribution in [0.3, 0.4) is 0 Å². The number of amides is 1. The van der Waals surface area contributed by atoms with E-state index in [1.165, 1.54) is 18.7 Å². The zero-order valence-corrected chi connectivity index (χ0v) is 18.5. The molecule has 0 bridgehead atoms. The fraction of sp³-hybridized carbons (Fsp3) is 0.240. The zero-order valence-electron chi connectivity index (χ0n) is 18.5. The Kier molecular flexibility index (Phi) is 6.07. The van der Waals surface area contributed by atoms with Crippen molar-refractivity contribution in [3.05, 3.63) is 88.1 Å². The van der Waals surface area contributed by atoms with Crippen LogP contribution in [0.25, 0.3) is 11.0 Å². The molecule has 1 N–H and O–H groups in total. The number of benzene rings is 2. The fourth-order valence-electron chi connectivity index (χ4n) is 3.78. The summed E-state index contributed by atoms with van der Waals surface area (Å²) >= 11 is 0. The van der Waals surface area contributed by atoms with Crippen LogP contribution in [0.1, 0.15) is 17.1 Å². The number of fused-ring (bicyclic) bond motifs is 1. The minimum absolute atomic E-state index is 0.0745. The van der Waals surface area contributed by atoms with Crippen molar-refractivity contribution in [3.63, 3.8) is 0 Å². The minimum atomic E-state index is -0.203. The number of carbonyl (C=O) groups is 1. The predicted octanol–water partition coefficient (Wildman–Crippen LogP) is 3.48. The van der Waals surface area contributed by atoms with Gasteiger partial charge in [-0.2, -0.15) is 0 Å². The second-order valence-electron chi connectivity index (χ2n) is 7.80. The Hall–Kier alpha value is -3.87. The standard InChI is InChI=1S/C25H26N4O3/c1-17-13-22(30)23(32-3)15-29(17)16-25(31)26-19-10-11-21-20(14-19)27-24(28(21)2)12-9-18-7-5-4-6-8-18/h4-8,10-11,13-15H,9,12,16H2,1-3H3,(H,26,31). The molecule has 7 nitrogen and oxygen atoms in total. The van der Waals surface area contributed by atoms with E-state index in [1.807, 2.05) is 43.4 Å². The van der Waals surface area contributed by atoms with Crippen LogP contribution in [0, 0.1) is 6.92 Å². The van der Waals surface area contributed by atoms with Gasteiger partial charge >= 0.3 is 0 Å². The summed E-state index contributed by atoms with van der Waals surface area (Å²) in [5, 5.41) is 2.92. The van der Waals surface area contributed by atoms with E-state index >= 15 is 0 Å². The lowest BCUT2D eigenvalue weighted by atomic mass is 10.1.